The number of ether oxygens (including phenoxy) is 1. The molecule has 2 amide bonds. The molecular weight excluding hydrogens is 807 g/mol. The Kier molecular flexibility index (Phi) is 16.4. The molecule has 1 saturated heterocycles. The number of anilines is 1. The zero-order valence-electron chi connectivity index (χ0n) is 28.9. The van der Waals surface area contributed by atoms with E-state index in [1.165, 1.54) is 13.8 Å². The number of nitrogen functional groups attached to an aromatic ring is 1. The van der Waals surface area contributed by atoms with Crippen molar-refractivity contribution in [1.82, 2.24) is 30.2 Å². The number of nitrogens with two attached hydrogens (primary N) is 1. The van der Waals surface area contributed by atoms with E-state index in [0.717, 1.165) is 29.0 Å². The van der Waals surface area contributed by atoms with E-state index in [1.54, 1.807) is 19.1 Å². The van der Waals surface area contributed by atoms with E-state index in [2.05, 4.69) is 34.4 Å². The van der Waals surface area contributed by atoms with E-state index in [-0.39, 0.29) is 48.0 Å². The quantitative estimate of drug-likeness (QED) is 0.0439. The van der Waals surface area contributed by atoms with Gasteiger partial charge in [0, 0.05) is 37.1 Å². The number of thioether (sulfide) groups is 1. The van der Waals surface area contributed by atoms with Gasteiger partial charge in [-0.1, -0.05) is 37.8 Å². The maximum atomic E-state index is 12.6. The fourth-order valence-corrected chi connectivity index (χ4v) is 8.04. The van der Waals surface area contributed by atoms with Crippen molar-refractivity contribution in [3.63, 3.8) is 0 Å². The highest BCUT2D eigenvalue weighted by Gasteiger charge is 2.50. The van der Waals surface area contributed by atoms with Crippen LogP contribution in [0.15, 0.2) is 24.8 Å². The molecule has 1 fully saturated rings. The van der Waals surface area contributed by atoms with Gasteiger partial charge in [0.2, 0.25) is 11.8 Å². The number of aromatic nitrogens is 4. The first-order chi connectivity index (χ1) is 25.1. The summed E-state index contributed by atoms with van der Waals surface area (Å²) in [5, 5.41) is 26.2. The third kappa shape index (κ3) is 13.8. The van der Waals surface area contributed by atoms with Gasteiger partial charge in [0.1, 0.15) is 36.3 Å². The molecule has 304 valence electrons. The van der Waals surface area contributed by atoms with Crippen LogP contribution in [0.1, 0.15) is 39.8 Å². The number of amides is 2. The number of carbonyl (C=O) groups excluding carboxylic acids is 3. The number of hydrogen-bond acceptors (Lipinski definition) is 18. The highest BCUT2D eigenvalue weighted by molar-refractivity contribution is 8.13. The Labute approximate surface area is 311 Å². The minimum atomic E-state index is -5.56. The molecule has 0 radical (unpaired) electrons. The van der Waals surface area contributed by atoms with Gasteiger partial charge >= 0.3 is 23.5 Å². The van der Waals surface area contributed by atoms with E-state index in [0.29, 0.717) is 5.75 Å². The van der Waals surface area contributed by atoms with E-state index in [1.807, 2.05) is 0 Å². The summed E-state index contributed by atoms with van der Waals surface area (Å²) in [6.45, 7) is 2.29. The topological polar surface area (TPSA) is 364 Å². The van der Waals surface area contributed by atoms with Gasteiger partial charge in [0.15, 0.2) is 22.8 Å². The lowest BCUT2D eigenvalue weighted by Gasteiger charge is -2.30. The van der Waals surface area contributed by atoms with Crippen LogP contribution in [0.5, 0.6) is 0 Å². The van der Waals surface area contributed by atoms with E-state index in [9.17, 15) is 57.9 Å². The smallest absolute Gasteiger partial charge is 0.386 e. The second-order valence-electron chi connectivity index (χ2n) is 12.1. The zero-order valence-corrected chi connectivity index (χ0v) is 32.4. The Morgan fingerprint density at radius 2 is 1.78 bits per heavy atom. The van der Waals surface area contributed by atoms with Crippen molar-refractivity contribution >= 4 is 69.1 Å². The van der Waals surface area contributed by atoms with Crippen LogP contribution in [0, 0.1) is 5.41 Å². The largest absolute Gasteiger partial charge is 0.481 e. The van der Waals surface area contributed by atoms with Crippen molar-refractivity contribution in [1.29, 1.82) is 0 Å². The van der Waals surface area contributed by atoms with E-state index in [4.69, 9.17) is 19.5 Å². The fraction of sp³-hybridized carbons (Fsp3) is 0.615. The van der Waals surface area contributed by atoms with Crippen LogP contribution in [0.3, 0.4) is 0 Å². The number of aliphatic hydroxyl groups excluding tert-OH is 2. The Balaban J connectivity index is 1.51. The number of aliphatic hydroxyl groups is 2. The molecule has 0 bridgehead atoms. The molecule has 10 N–H and O–H groups in total. The third-order valence-electron chi connectivity index (χ3n) is 7.29. The van der Waals surface area contributed by atoms with Gasteiger partial charge in [0.25, 0.3) is 0 Å². The lowest BCUT2D eigenvalue weighted by molar-refractivity contribution is -0.137. The zero-order chi connectivity index (χ0) is 40.5. The third-order valence-corrected chi connectivity index (χ3v) is 11.3. The molecule has 2 unspecified atom stereocenters. The number of carbonyl (C=O) groups is 3. The number of fused-ring (bicyclic) bond motifs is 1. The lowest BCUT2D eigenvalue weighted by atomic mass is 9.87. The molecule has 7 atom stereocenters. The number of imidazole rings is 1. The molecule has 0 spiro atoms. The molecule has 2 aromatic heterocycles. The number of allylic oxidation sites excluding steroid dienone is 2. The van der Waals surface area contributed by atoms with Gasteiger partial charge < -0.3 is 50.9 Å². The molecule has 0 aromatic carbocycles. The second kappa shape index (κ2) is 19.4. The lowest BCUT2D eigenvalue weighted by Crippen LogP contribution is -2.46. The van der Waals surface area contributed by atoms with Crippen molar-refractivity contribution in [3.8, 4) is 0 Å². The number of nitrogens with zero attached hydrogens (tertiary/aromatic N) is 4. The first-order valence-corrected chi connectivity index (χ1v) is 21.2. The second-order valence-corrected chi connectivity index (χ2v) is 17.5. The summed E-state index contributed by atoms with van der Waals surface area (Å²) in [4.78, 5) is 87.0. The SMILES string of the molecule is C/C=C/CC(=O)SCCNC(=O)CCNC(=O)[C@H](O)C(C)(C)COP(=O)(O)OP(=O)(O)OC[C@H]1O[C@@H](n2cnc3c(N)ncnc32)[C@H](O)[C@@H]1OP(=O)(O)O. The van der Waals surface area contributed by atoms with E-state index < -0.39 is 84.6 Å². The molecule has 1 aliphatic rings. The molecule has 28 heteroatoms. The van der Waals surface area contributed by atoms with E-state index >= 15 is 0 Å². The van der Waals surface area contributed by atoms with Crippen LogP contribution < -0.4 is 16.4 Å². The minimum Gasteiger partial charge on any atom is -0.386 e. The maximum Gasteiger partial charge on any atom is 0.481 e. The van der Waals surface area contributed by atoms with Crippen LogP contribution >= 0.6 is 35.2 Å². The summed E-state index contributed by atoms with van der Waals surface area (Å²) in [6.07, 6.45) is -3.17. The molecule has 3 rings (SSSR count). The molecule has 0 aliphatic carbocycles. The summed E-state index contributed by atoms with van der Waals surface area (Å²) >= 11 is 1.06. The number of rotatable bonds is 21. The first-order valence-electron chi connectivity index (χ1n) is 15.7. The Bertz CT molecular complexity index is 1810. The molecule has 54 heavy (non-hydrogen) atoms. The van der Waals surface area contributed by atoms with Crippen LogP contribution in [-0.4, -0.2) is 123 Å². The molecular formula is C26H42N7O17P3S. The highest BCUT2D eigenvalue weighted by Crippen LogP contribution is 2.61. The number of hydrogen-bond donors (Lipinski definition) is 9. The normalized spacial score (nSPS) is 22.2. The summed E-state index contributed by atoms with van der Waals surface area (Å²) in [6, 6.07) is 0. The van der Waals surface area contributed by atoms with Crippen LogP contribution in [-0.2, 0) is 50.7 Å². The number of nitrogens with one attached hydrogen (secondary N) is 2. The van der Waals surface area contributed by atoms with Gasteiger partial charge in [-0.15, -0.1) is 0 Å². The molecule has 2 aromatic rings. The van der Waals surface area contributed by atoms with Crippen LogP contribution in [0.25, 0.3) is 11.2 Å². The van der Waals surface area contributed by atoms with Gasteiger partial charge in [-0.05, 0) is 6.92 Å². The van der Waals surface area contributed by atoms with Crippen molar-refractivity contribution in [3.05, 3.63) is 24.8 Å². The van der Waals surface area contributed by atoms with Gasteiger partial charge in [-0.3, -0.25) is 32.5 Å². The number of phosphoric ester groups is 3. The Morgan fingerprint density at radius 1 is 1.09 bits per heavy atom. The summed E-state index contributed by atoms with van der Waals surface area (Å²) in [5.41, 5.74) is 4.26. The predicted octanol–water partition coefficient (Wildman–Crippen LogP) is -0.369. The van der Waals surface area contributed by atoms with Gasteiger partial charge in [-0.2, -0.15) is 4.31 Å². The van der Waals surface area contributed by atoms with Crippen LogP contribution in [0.4, 0.5) is 5.82 Å². The predicted molar refractivity (Wildman–Crippen MR) is 187 cm³/mol. The summed E-state index contributed by atoms with van der Waals surface area (Å²) < 4.78 is 62.0. The average Bonchev–Trinajstić information content (AvgIpc) is 3.63. The van der Waals surface area contributed by atoms with Crippen molar-refractivity contribution in [2.75, 3.05) is 37.8 Å². The molecule has 0 saturated carbocycles. The van der Waals surface area contributed by atoms with Gasteiger partial charge in [-0.25, -0.2) is 28.6 Å². The first kappa shape index (κ1) is 45.7. The van der Waals surface area contributed by atoms with Crippen molar-refractivity contribution in [2.24, 2.45) is 5.41 Å². The number of phosphoric acid groups is 3. The van der Waals surface area contributed by atoms with Crippen LogP contribution in [0.2, 0.25) is 0 Å². The molecule has 3 heterocycles. The standard InChI is InChI=1S/C26H42N7O17P3S/c1-4-5-6-17(35)54-10-9-28-16(34)7-8-29-24(38)21(37)26(2,3)12-47-53(44,45)50-52(42,43)46-11-15-20(49-51(39,40)41)19(36)25(48-15)33-14-32-18-22(27)30-13-31-23(18)33/h4-5,13-15,19-21,25,36-37H,6-12H2,1-3H3,(H,28,34)(H,29,38)(H,42,43)(H,44,45)(H2,27,30,31)(H2,39,40,41)/b5-4+/t15-,19-,20-,21+,25-/m1/s1. The Hall–Kier alpha value is -2.70. The maximum absolute atomic E-state index is 12.6. The highest BCUT2D eigenvalue weighted by atomic mass is 32.2. The molecule has 1 aliphatic heterocycles. The fourth-order valence-electron chi connectivity index (χ4n) is 4.57. The average molecular weight is 850 g/mol. The summed E-state index contributed by atoms with van der Waals surface area (Å²) in [5.74, 6) is -1.10. The van der Waals surface area contributed by atoms with Gasteiger partial charge in [0.05, 0.1) is 19.5 Å². The minimum absolute atomic E-state index is 0.0304. The monoisotopic (exact) mass is 849 g/mol. The Morgan fingerprint density at radius 3 is 2.44 bits per heavy atom. The van der Waals surface area contributed by atoms with Crippen molar-refractivity contribution < 1.29 is 80.5 Å². The summed E-state index contributed by atoms with van der Waals surface area (Å²) in [7, 11) is -16.4. The molecule has 24 nitrogen and oxygen atoms in total. The van der Waals surface area contributed by atoms with Crippen molar-refractivity contribution in [2.45, 2.75) is 64.3 Å².